The molecule has 22 heavy (non-hydrogen) atoms. The molecule has 0 saturated carbocycles. The van der Waals surface area contributed by atoms with E-state index in [1.54, 1.807) is 4.90 Å². The number of nitro groups is 1. The fourth-order valence-corrected chi connectivity index (χ4v) is 2.63. The predicted molar refractivity (Wildman–Crippen MR) is 78.7 cm³/mol. The zero-order chi connectivity index (χ0) is 16.3. The van der Waals surface area contributed by atoms with Crippen molar-refractivity contribution in [1.29, 1.82) is 0 Å². The number of hydrogen-bond donors (Lipinski definition) is 0. The third kappa shape index (κ3) is 3.41. The van der Waals surface area contributed by atoms with E-state index < -0.39 is 10.9 Å². The molecule has 0 aliphatic carbocycles. The summed E-state index contributed by atoms with van der Waals surface area (Å²) >= 11 is 0. The first kappa shape index (κ1) is 15.9. The number of benzene rings is 1. The molecule has 2 rings (SSSR count). The van der Waals surface area contributed by atoms with Crippen molar-refractivity contribution in [3.8, 4) is 0 Å². The van der Waals surface area contributed by atoms with E-state index in [-0.39, 0.29) is 22.7 Å². The number of carbonyl (C=O) groups is 2. The van der Waals surface area contributed by atoms with E-state index >= 15 is 0 Å². The summed E-state index contributed by atoms with van der Waals surface area (Å²) in [5, 5.41) is 11.0. The summed E-state index contributed by atoms with van der Waals surface area (Å²) in [6.45, 7) is 3.31. The zero-order valence-corrected chi connectivity index (χ0v) is 12.6. The average Bonchev–Trinajstić information content (AvgIpc) is 2.52. The minimum Gasteiger partial charge on any atom is -0.465 e. The van der Waals surface area contributed by atoms with Crippen molar-refractivity contribution < 1.29 is 19.2 Å². The first-order chi connectivity index (χ1) is 10.4. The van der Waals surface area contributed by atoms with Gasteiger partial charge in [-0.1, -0.05) is 6.92 Å². The second kappa shape index (κ2) is 6.55. The molecule has 1 saturated heterocycles. The SMILES string of the molecule is COC(=O)c1cc(C(=O)N2CCCC(C)C2)cc([N+](=O)[O-])c1. The van der Waals surface area contributed by atoms with Crippen molar-refractivity contribution in [2.75, 3.05) is 20.2 Å². The molecule has 0 N–H and O–H groups in total. The topological polar surface area (TPSA) is 89.8 Å². The second-order valence-electron chi connectivity index (χ2n) is 5.52. The smallest absolute Gasteiger partial charge is 0.338 e. The van der Waals surface area contributed by atoms with E-state index in [2.05, 4.69) is 11.7 Å². The van der Waals surface area contributed by atoms with Crippen molar-refractivity contribution in [2.24, 2.45) is 5.92 Å². The molecular weight excluding hydrogens is 288 g/mol. The Morgan fingerprint density at radius 1 is 1.32 bits per heavy atom. The highest BCUT2D eigenvalue weighted by Gasteiger charge is 2.25. The molecule has 1 heterocycles. The van der Waals surface area contributed by atoms with Crippen LogP contribution in [0.15, 0.2) is 18.2 Å². The molecule has 1 amide bonds. The largest absolute Gasteiger partial charge is 0.465 e. The summed E-state index contributed by atoms with van der Waals surface area (Å²) in [6, 6.07) is 3.66. The highest BCUT2D eigenvalue weighted by molar-refractivity contribution is 5.99. The van der Waals surface area contributed by atoms with Crippen LogP contribution in [-0.2, 0) is 4.74 Å². The number of hydrogen-bond acceptors (Lipinski definition) is 5. The minimum atomic E-state index is -0.704. The Hall–Kier alpha value is -2.44. The number of amides is 1. The van der Waals surface area contributed by atoms with Gasteiger partial charge in [0.1, 0.15) is 0 Å². The first-order valence-corrected chi connectivity index (χ1v) is 7.09. The molecule has 0 aromatic heterocycles. The van der Waals surface area contributed by atoms with Crippen LogP contribution in [0.3, 0.4) is 0 Å². The van der Waals surface area contributed by atoms with Crippen LogP contribution in [0, 0.1) is 16.0 Å². The summed E-state index contributed by atoms with van der Waals surface area (Å²) < 4.78 is 4.58. The maximum absolute atomic E-state index is 12.5. The van der Waals surface area contributed by atoms with Gasteiger partial charge in [-0.15, -0.1) is 0 Å². The fraction of sp³-hybridized carbons (Fsp3) is 0.467. The zero-order valence-electron chi connectivity index (χ0n) is 12.6. The fourth-order valence-electron chi connectivity index (χ4n) is 2.63. The lowest BCUT2D eigenvalue weighted by atomic mass is 9.99. The number of likely N-dealkylation sites (tertiary alicyclic amines) is 1. The van der Waals surface area contributed by atoms with Gasteiger partial charge in [-0.2, -0.15) is 0 Å². The van der Waals surface area contributed by atoms with Crippen LogP contribution in [0.5, 0.6) is 0 Å². The van der Waals surface area contributed by atoms with Gasteiger partial charge < -0.3 is 9.64 Å². The Labute approximate surface area is 128 Å². The Balaban J connectivity index is 2.36. The van der Waals surface area contributed by atoms with Crippen LogP contribution in [0.4, 0.5) is 5.69 Å². The van der Waals surface area contributed by atoms with Crippen molar-refractivity contribution in [2.45, 2.75) is 19.8 Å². The van der Waals surface area contributed by atoms with Gasteiger partial charge in [-0.05, 0) is 24.8 Å². The van der Waals surface area contributed by atoms with Crippen molar-refractivity contribution >= 4 is 17.6 Å². The quantitative estimate of drug-likeness (QED) is 0.485. The van der Waals surface area contributed by atoms with Crippen LogP contribution in [-0.4, -0.2) is 41.9 Å². The van der Waals surface area contributed by atoms with Gasteiger partial charge in [0.15, 0.2) is 0 Å². The maximum Gasteiger partial charge on any atom is 0.338 e. The lowest BCUT2D eigenvalue weighted by molar-refractivity contribution is -0.384. The minimum absolute atomic E-state index is 0.00473. The number of carbonyl (C=O) groups excluding carboxylic acids is 2. The third-order valence-electron chi connectivity index (χ3n) is 3.74. The molecule has 0 spiro atoms. The molecule has 7 nitrogen and oxygen atoms in total. The Morgan fingerprint density at radius 3 is 2.59 bits per heavy atom. The van der Waals surface area contributed by atoms with E-state index in [1.807, 2.05) is 0 Å². The lowest BCUT2D eigenvalue weighted by Gasteiger charge is -2.31. The standard InChI is InChI=1S/C15H18N2O5/c1-10-4-3-5-16(9-10)14(18)11-6-12(15(19)22-2)8-13(7-11)17(20)21/h6-8,10H,3-5,9H2,1-2H3. The van der Waals surface area contributed by atoms with Gasteiger partial charge in [0, 0.05) is 30.8 Å². The molecule has 1 aliphatic rings. The molecule has 1 unspecified atom stereocenters. The van der Waals surface area contributed by atoms with Gasteiger partial charge in [0.25, 0.3) is 11.6 Å². The highest BCUT2D eigenvalue weighted by Crippen LogP contribution is 2.22. The molecule has 0 radical (unpaired) electrons. The second-order valence-corrected chi connectivity index (χ2v) is 5.52. The van der Waals surface area contributed by atoms with E-state index in [4.69, 9.17) is 0 Å². The first-order valence-electron chi connectivity index (χ1n) is 7.09. The molecule has 7 heteroatoms. The average molecular weight is 306 g/mol. The highest BCUT2D eigenvalue weighted by atomic mass is 16.6. The van der Waals surface area contributed by atoms with Crippen molar-refractivity contribution in [1.82, 2.24) is 4.90 Å². The molecule has 1 fully saturated rings. The summed E-state index contributed by atoms with van der Waals surface area (Å²) in [6.07, 6.45) is 1.97. The number of rotatable bonds is 3. The van der Waals surface area contributed by atoms with Gasteiger partial charge in [-0.3, -0.25) is 14.9 Å². The summed E-state index contributed by atoms with van der Waals surface area (Å²) in [4.78, 5) is 36.2. The van der Waals surface area contributed by atoms with Gasteiger partial charge in [-0.25, -0.2) is 4.79 Å². The number of piperidine rings is 1. The normalized spacial score (nSPS) is 17.9. The summed E-state index contributed by atoms with van der Waals surface area (Å²) in [5.41, 5.74) is -0.148. The molecule has 1 aliphatic heterocycles. The molecule has 1 atom stereocenters. The maximum atomic E-state index is 12.5. The van der Waals surface area contributed by atoms with E-state index in [1.165, 1.54) is 19.2 Å². The lowest BCUT2D eigenvalue weighted by Crippen LogP contribution is -2.39. The van der Waals surface area contributed by atoms with Crippen LogP contribution in [0.2, 0.25) is 0 Å². The van der Waals surface area contributed by atoms with E-state index in [0.717, 1.165) is 18.9 Å². The van der Waals surface area contributed by atoms with Crippen LogP contribution >= 0.6 is 0 Å². The number of non-ortho nitro benzene ring substituents is 1. The molecule has 1 aromatic carbocycles. The van der Waals surface area contributed by atoms with Gasteiger partial charge in [0.05, 0.1) is 17.6 Å². The van der Waals surface area contributed by atoms with Crippen LogP contribution in [0.1, 0.15) is 40.5 Å². The number of nitro benzene ring substituents is 1. The number of methoxy groups -OCH3 is 1. The van der Waals surface area contributed by atoms with Gasteiger partial charge >= 0.3 is 5.97 Å². The summed E-state index contributed by atoms with van der Waals surface area (Å²) in [5.74, 6) is -0.596. The van der Waals surface area contributed by atoms with E-state index in [0.29, 0.717) is 19.0 Å². The van der Waals surface area contributed by atoms with Crippen molar-refractivity contribution in [3.63, 3.8) is 0 Å². The molecular formula is C15H18N2O5. The summed E-state index contributed by atoms with van der Waals surface area (Å²) in [7, 11) is 1.19. The monoisotopic (exact) mass is 306 g/mol. The van der Waals surface area contributed by atoms with Gasteiger partial charge in [0.2, 0.25) is 0 Å². The number of esters is 1. The number of ether oxygens (including phenoxy) is 1. The van der Waals surface area contributed by atoms with Crippen LogP contribution in [0.25, 0.3) is 0 Å². The Morgan fingerprint density at radius 2 is 2.00 bits per heavy atom. The molecule has 118 valence electrons. The Kier molecular flexibility index (Phi) is 4.75. The molecule has 1 aromatic rings. The van der Waals surface area contributed by atoms with Crippen molar-refractivity contribution in [3.05, 3.63) is 39.4 Å². The van der Waals surface area contributed by atoms with Crippen LogP contribution < -0.4 is 0 Å². The van der Waals surface area contributed by atoms with E-state index in [9.17, 15) is 19.7 Å². The third-order valence-corrected chi connectivity index (χ3v) is 3.74. The Bertz CT molecular complexity index is 614. The predicted octanol–water partition coefficient (Wildman–Crippen LogP) is 2.25. The number of nitrogens with zero attached hydrogens (tertiary/aromatic N) is 2. The molecule has 0 bridgehead atoms.